The number of aromatic nitrogens is 1. The summed E-state index contributed by atoms with van der Waals surface area (Å²) in [5, 5.41) is 11.4. The van der Waals surface area contributed by atoms with E-state index in [1.165, 1.54) is 29.9 Å². The summed E-state index contributed by atoms with van der Waals surface area (Å²) in [5.74, 6) is -0.575. The first kappa shape index (κ1) is 21.8. The Morgan fingerprint density at radius 2 is 1.76 bits per heavy atom. The van der Waals surface area contributed by atoms with Gasteiger partial charge in [-0.25, -0.2) is 9.18 Å². The van der Waals surface area contributed by atoms with Crippen LogP contribution in [0.2, 0.25) is 0 Å². The molecule has 2 heterocycles. The fraction of sp³-hybridized carbons (Fsp3) is 0.0769. The van der Waals surface area contributed by atoms with Gasteiger partial charge >= 0.3 is 5.63 Å². The summed E-state index contributed by atoms with van der Waals surface area (Å²) in [7, 11) is 1.51. The Morgan fingerprint density at radius 3 is 2.50 bits per heavy atom. The monoisotopic (exact) mass is 475 g/mol. The average Bonchev–Trinajstić information content (AvgIpc) is 2.85. The lowest BCUT2D eigenvalue weighted by Crippen LogP contribution is -2.23. The highest BCUT2D eigenvalue weighted by Crippen LogP contribution is 2.38. The van der Waals surface area contributed by atoms with Gasteiger partial charge < -0.3 is 18.8 Å². The van der Waals surface area contributed by atoms with Crippen LogP contribution >= 0.6 is 11.8 Å². The summed E-state index contributed by atoms with van der Waals surface area (Å²) in [6, 6.07) is 20.2. The molecule has 0 saturated carbocycles. The van der Waals surface area contributed by atoms with Crippen molar-refractivity contribution in [1.82, 2.24) is 4.57 Å². The molecule has 34 heavy (non-hydrogen) atoms. The molecule has 170 valence electrons. The number of fused-ring (bicyclic) bond motifs is 3. The quantitative estimate of drug-likeness (QED) is 0.354. The zero-order valence-corrected chi connectivity index (χ0v) is 18.8. The number of aromatic hydroxyl groups is 1. The molecule has 1 N–H and O–H groups in total. The van der Waals surface area contributed by atoms with Crippen molar-refractivity contribution in [2.75, 3.05) is 7.11 Å². The van der Waals surface area contributed by atoms with E-state index in [0.29, 0.717) is 28.4 Å². The predicted octanol–water partition coefficient (Wildman–Crippen LogP) is 5.16. The lowest BCUT2D eigenvalue weighted by atomic mass is 10.1. The first-order chi connectivity index (χ1) is 16.5. The maximum atomic E-state index is 14.2. The Bertz CT molecular complexity index is 1660. The van der Waals surface area contributed by atoms with Crippen LogP contribution in [0, 0.1) is 5.82 Å². The molecule has 0 atom stereocenters. The van der Waals surface area contributed by atoms with Gasteiger partial charge in [-0.05, 0) is 29.8 Å². The normalized spacial score (nSPS) is 11.2. The SMILES string of the molecule is COc1ccc2c3oc(=O)c(Sc4ccccc4F)c(O)c3c(=O)n(Cc3ccccc3)c2c1. The highest BCUT2D eigenvalue weighted by Gasteiger charge is 2.23. The molecule has 0 saturated heterocycles. The second-order valence-electron chi connectivity index (χ2n) is 7.56. The van der Waals surface area contributed by atoms with E-state index in [-0.39, 0.29) is 27.3 Å². The molecule has 0 amide bonds. The Hall–Kier alpha value is -4.04. The molecular formula is C26H18FNO5S. The number of benzene rings is 3. The van der Waals surface area contributed by atoms with Crippen LogP contribution < -0.4 is 15.9 Å². The van der Waals surface area contributed by atoms with Gasteiger partial charge in [0.25, 0.3) is 5.56 Å². The maximum Gasteiger partial charge on any atom is 0.354 e. The van der Waals surface area contributed by atoms with Gasteiger partial charge in [-0.15, -0.1) is 0 Å². The lowest BCUT2D eigenvalue weighted by Gasteiger charge is -2.15. The number of rotatable bonds is 5. The lowest BCUT2D eigenvalue weighted by molar-refractivity contribution is 0.415. The molecule has 6 nitrogen and oxygen atoms in total. The molecule has 0 radical (unpaired) electrons. The van der Waals surface area contributed by atoms with Crippen LogP contribution in [0.1, 0.15) is 5.56 Å². The van der Waals surface area contributed by atoms with E-state index in [9.17, 15) is 19.1 Å². The first-order valence-electron chi connectivity index (χ1n) is 10.3. The van der Waals surface area contributed by atoms with Gasteiger partial charge in [0.1, 0.15) is 21.8 Å². The van der Waals surface area contributed by atoms with Crippen molar-refractivity contribution in [3.05, 3.63) is 105 Å². The Morgan fingerprint density at radius 1 is 1.03 bits per heavy atom. The number of halogens is 1. The van der Waals surface area contributed by atoms with Crippen LogP contribution in [-0.4, -0.2) is 16.8 Å². The summed E-state index contributed by atoms with van der Waals surface area (Å²) >= 11 is 0.713. The van der Waals surface area contributed by atoms with E-state index in [1.807, 2.05) is 30.3 Å². The zero-order valence-electron chi connectivity index (χ0n) is 17.9. The third-order valence-corrected chi connectivity index (χ3v) is 6.61. The summed E-state index contributed by atoms with van der Waals surface area (Å²) in [4.78, 5) is 26.4. The van der Waals surface area contributed by atoms with E-state index >= 15 is 0 Å². The highest BCUT2D eigenvalue weighted by molar-refractivity contribution is 7.99. The van der Waals surface area contributed by atoms with Crippen molar-refractivity contribution in [3.63, 3.8) is 0 Å². The van der Waals surface area contributed by atoms with Crippen LogP contribution in [0.5, 0.6) is 11.5 Å². The minimum Gasteiger partial charge on any atom is -0.505 e. The van der Waals surface area contributed by atoms with Crippen LogP contribution in [0.25, 0.3) is 21.9 Å². The molecule has 8 heteroatoms. The Kier molecular flexibility index (Phi) is 5.59. The third-order valence-electron chi connectivity index (χ3n) is 5.49. The first-order valence-corrected chi connectivity index (χ1v) is 11.2. The molecule has 0 aliphatic heterocycles. The van der Waals surface area contributed by atoms with Crippen LogP contribution in [0.3, 0.4) is 0 Å². The fourth-order valence-electron chi connectivity index (χ4n) is 3.84. The number of methoxy groups -OCH3 is 1. The van der Waals surface area contributed by atoms with E-state index in [1.54, 1.807) is 24.3 Å². The van der Waals surface area contributed by atoms with E-state index < -0.39 is 22.8 Å². The van der Waals surface area contributed by atoms with Crippen molar-refractivity contribution >= 4 is 33.6 Å². The van der Waals surface area contributed by atoms with E-state index in [0.717, 1.165) is 5.56 Å². The minimum atomic E-state index is -0.865. The Balaban J connectivity index is 1.82. The molecule has 5 aromatic rings. The number of hydrogen-bond donors (Lipinski definition) is 1. The van der Waals surface area contributed by atoms with Crippen molar-refractivity contribution in [3.8, 4) is 11.5 Å². The van der Waals surface area contributed by atoms with Gasteiger partial charge in [0.15, 0.2) is 11.3 Å². The Labute approximate surface area is 196 Å². The van der Waals surface area contributed by atoms with Gasteiger partial charge in [0, 0.05) is 16.3 Å². The third kappa shape index (κ3) is 3.72. The standard InChI is InChI=1S/C26H18FNO5S/c1-32-16-11-12-17-19(13-16)28(14-15-7-3-2-4-8-15)25(30)21-22(29)24(26(31)33-23(17)21)34-20-10-6-5-9-18(20)27/h2-13,29H,14H2,1H3. The van der Waals surface area contributed by atoms with Gasteiger partial charge in [-0.1, -0.05) is 54.2 Å². The molecule has 2 aromatic heterocycles. The molecule has 0 bridgehead atoms. The predicted molar refractivity (Wildman–Crippen MR) is 129 cm³/mol. The summed E-state index contributed by atoms with van der Waals surface area (Å²) in [5.41, 5.74) is -0.0946. The van der Waals surface area contributed by atoms with Crippen LogP contribution in [0.15, 0.2) is 96.6 Å². The van der Waals surface area contributed by atoms with E-state index in [2.05, 4.69) is 0 Å². The topological polar surface area (TPSA) is 81.7 Å². The van der Waals surface area contributed by atoms with Crippen molar-refractivity contribution in [2.45, 2.75) is 16.3 Å². The van der Waals surface area contributed by atoms with Gasteiger partial charge in [0.2, 0.25) is 0 Å². The van der Waals surface area contributed by atoms with Crippen molar-refractivity contribution in [1.29, 1.82) is 0 Å². The molecular weight excluding hydrogens is 457 g/mol. The van der Waals surface area contributed by atoms with Crippen LogP contribution in [-0.2, 0) is 6.54 Å². The average molecular weight is 475 g/mol. The van der Waals surface area contributed by atoms with Crippen LogP contribution in [0.4, 0.5) is 4.39 Å². The number of pyridine rings is 1. The minimum absolute atomic E-state index is 0.0349. The summed E-state index contributed by atoms with van der Waals surface area (Å²) < 4.78 is 26.6. The number of hydrogen-bond acceptors (Lipinski definition) is 6. The fourth-order valence-corrected chi connectivity index (χ4v) is 4.70. The molecule has 0 fully saturated rings. The van der Waals surface area contributed by atoms with Gasteiger partial charge in [-0.3, -0.25) is 4.79 Å². The largest absolute Gasteiger partial charge is 0.505 e. The van der Waals surface area contributed by atoms with Crippen molar-refractivity contribution < 1.29 is 18.7 Å². The molecule has 0 aliphatic rings. The molecule has 3 aromatic carbocycles. The summed E-state index contributed by atoms with van der Waals surface area (Å²) in [6.45, 7) is 0.216. The summed E-state index contributed by atoms with van der Waals surface area (Å²) in [6.07, 6.45) is 0. The zero-order chi connectivity index (χ0) is 23.8. The molecule has 0 unspecified atom stereocenters. The van der Waals surface area contributed by atoms with Gasteiger partial charge in [-0.2, -0.15) is 0 Å². The molecule has 0 aliphatic carbocycles. The maximum absolute atomic E-state index is 14.2. The number of nitrogens with zero attached hydrogens (tertiary/aromatic N) is 1. The number of ether oxygens (including phenoxy) is 1. The van der Waals surface area contributed by atoms with Crippen molar-refractivity contribution in [2.24, 2.45) is 0 Å². The molecule has 5 rings (SSSR count). The smallest absolute Gasteiger partial charge is 0.354 e. The van der Waals surface area contributed by atoms with E-state index in [4.69, 9.17) is 9.15 Å². The molecule has 0 spiro atoms. The highest BCUT2D eigenvalue weighted by atomic mass is 32.2. The second kappa shape index (κ2) is 8.72. The van der Waals surface area contributed by atoms with Gasteiger partial charge in [0.05, 0.1) is 19.2 Å². The second-order valence-corrected chi connectivity index (χ2v) is 8.62.